The van der Waals surface area contributed by atoms with Gasteiger partial charge in [-0.05, 0) is 92.6 Å². The van der Waals surface area contributed by atoms with E-state index in [1.54, 1.807) is 0 Å². The van der Waals surface area contributed by atoms with Gasteiger partial charge in [0.15, 0.2) is 0 Å². The summed E-state index contributed by atoms with van der Waals surface area (Å²) in [6.45, 7) is 17.4. The second-order valence-electron chi connectivity index (χ2n) is 9.71. The summed E-state index contributed by atoms with van der Waals surface area (Å²) in [4.78, 5) is 0. The Labute approximate surface area is 276 Å². The Kier molecular flexibility index (Phi) is 34.2. The first-order valence-electron chi connectivity index (χ1n) is 13.1. The Morgan fingerprint density at radius 1 is 0.447 bits per heavy atom. The predicted molar refractivity (Wildman–Crippen MR) is 192 cm³/mol. The number of hydrogen-bond acceptors (Lipinski definition) is 4. The Balaban J connectivity index is -0.00000116. The van der Waals surface area contributed by atoms with Gasteiger partial charge in [0.1, 0.15) is 0 Å². The van der Waals surface area contributed by atoms with Crippen LogP contribution in [-0.4, -0.2) is 39.3 Å². The molecule has 0 radical (unpaired) electrons. The molecule has 224 valence electrons. The average Bonchev–Trinajstić information content (AvgIpc) is 2.82. The molecule has 0 atom stereocenters. The van der Waals surface area contributed by atoms with E-state index in [-0.39, 0.29) is 75.4 Å². The molecule has 0 amide bonds. The van der Waals surface area contributed by atoms with Gasteiger partial charge >= 0.3 is 0 Å². The normalized spacial score (nSPS) is 10.1. The van der Waals surface area contributed by atoms with Crippen molar-refractivity contribution < 1.29 is 0 Å². The molecule has 0 heterocycles. The molecule has 4 nitrogen and oxygen atoms in total. The quantitative estimate of drug-likeness (QED) is 0.115. The Hall–Kier alpha value is 0.200. The van der Waals surface area contributed by atoms with Crippen molar-refractivity contribution >= 4 is 67.9 Å². The number of hydrogen-bond donors (Lipinski definition) is 4. The topological polar surface area (TPSA) is 48.1 Å². The standard InChI is InChI=1S/C29H48N4.CH4.4BrH/c1-24(2)28-12-8-26(9-13-28)22-32-20-6-18-30-16-5-17-31-19-7-21-33-23-27-10-14-29(15-11-27)25(3)4;;;;;/h8-15,24-25,30-33H,5-7,16-23H2,1-4H3;1H4;4*1H. The van der Waals surface area contributed by atoms with E-state index in [9.17, 15) is 0 Å². The van der Waals surface area contributed by atoms with Gasteiger partial charge in [0.05, 0.1) is 0 Å². The largest absolute Gasteiger partial charge is 0.317 e. The van der Waals surface area contributed by atoms with Crippen LogP contribution in [0.1, 0.15) is 88.5 Å². The van der Waals surface area contributed by atoms with Crippen molar-refractivity contribution in [2.45, 2.75) is 79.3 Å². The highest BCUT2D eigenvalue weighted by molar-refractivity contribution is 8.93. The lowest BCUT2D eigenvalue weighted by molar-refractivity contribution is 0.551. The van der Waals surface area contributed by atoms with E-state index in [1.807, 2.05) is 0 Å². The van der Waals surface area contributed by atoms with E-state index in [0.29, 0.717) is 11.8 Å². The molecule has 2 aromatic carbocycles. The monoisotopic (exact) mass is 788 g/mol. The molecule has 0 saturated carbocycles. The van der Waals surface area contributed by atoms with Crippen molar-refractivity contribution in [1.29, 1.82) is 0 Å². The molecule has 0 spiro atoms. The molecule has 0 aliphatic rings. The maximum atomic E-state index is 3.55. The first-order chi connectivity index (χ1) is 16.1. The molecule has 0 unspecified atom stereocenters. The smallest absolute Gasteiger partial charge is 0.0205 e. The zero-order valence-corrected chi connectivity index (χ0v) is 30.0. The van der Waals surface area contributed by atoms with Crippen LogP contribution in [0, 0.1) is 0 Å². The van der Waals surface area contributed by atoms with Gasteiger partial charge < -0.3 is 21.3 Å². The van der Waals surface area contributed by atoms with Crippen molar-refractivity contribution in [2.24, 2.45) is 0 Å². The van der Waals surface area contributed by atoms with Crippen LogP contribution in [0.15, 0.2) is 48.5 Å². The van der Waals surface area contributed by atoms with Crippen molar-refractivity contribution in [3.63, 3.8) is 0 Å². The van der Waals surface area contributed by atoms with Crippen LogP contribution in [0.3, 0.4) is 0 Å². The maximum Gasteiger partial charge on any atom is 0.0205 e. The summed E-state index contributed by atoms with van der Waals surface area (Å²) < 4.78 is 0. The molecular weight excluding hydrogens is 736 g/mol. The first-order valence-corrected chi connectivity index (χ1v) is 13.1. The van der Waals surface area contributed by atoms with Crippen LogP contribution in [0.25, 0.3) is 0 Å². The number of rotatable bonds is 18. The fourth-order valence-corrected chi connectivity index (χ4v) is 3.77. The van der Waals surface area contributed by atoms with E-state index in [0.717, 1.165) is 52.4 Å². The lowest BCUT2D eigenvalue weighted by atomic mass is 10.0. The molecule has 0 aromatic heterocycles. The van der Waals surface area contributed by atoms with Crippen molar-refractivity contribution in [2.75, 3.05) is 39.3 Å². The minimum absolute atomic E-state index is 0. The van der Waals surface area contributed by atoms with Crippen LogP contribution >= 0.6 is 67.9 Å². The van der Waals surface area contributed by atoms with Crippen molar-refractivity contribution in [3.05, 3.63) is 70.8 Å². The highest BCUT2D eigenvalue weighted by Crippen LogP contribution is 2.15. The van der Waals surface area contributed by atoms with E-state index >= 15 is 0 Å². The van der Waals surface area contributed by atoms with E-state index in [2.05, 4.69) is 97.5 Å². The number of halogens is 4. The van der Waals surface area contributed by atoms with Gasteiger partial charge in [0.2, 0.25) is 0 Å². The molecule has 0 bridgehead atoms. The van der Waals surface area contributed by atoms with Crippen molar-refractivity contribution in [1.82, 2.24) is 21.3 Å². The zero-order chi connectivity index (χ0) is 23.7. The molecular formula is C30H56Br4N4. The molecule has 0 aliphatic heterocycles. The van der Waals surface area contributed by atoms with Gasteiger partial charge in [-0.1, -0.05) is 83.7 Å². The van der Waals surface area contributed by atoms with Gasteiger partial charge in [-0.2, -0.15) is 0 Å². The first kappa shape index (κ1) is 45.2. The highest BCUT2D eigenvalue weighted by Gasteiger charge is 2.00. The van der Waals surface area contributed by atoms with Gasteiger partial charge in [-0.25, -0.2) is 0 Å². The van der Waals surface area contributed by atoms with E-state index in [4.69, 9.17) is 0 Å². The molecule has 0 aliphatic carbocycles. The van der Waals surface area contributed by atoms with Gasteiger partial charge in [-0.3, -0.25) is 0 Å². The van der Waals surface area contributed by atoms with Gasteiger partial charge in [0.25, 0.3) is 0 Å². The maximum absolute atomic E-state index is 3.55. The molecule has 4 N–H and O–H groups in total. The molecule has 0 saturated heterocycles. The fourth-order valence-electron chi connectivity index (χ4n) is 3.77. The molecule has 0 fully saturated rings. The summed E-state index contributed by atoms with van der Waals surface area (Å²) in [5, 5.41) is 14.2. The fraction of sp³-hybridized carbons (Fsp3) is 0.600. The van der Waals surface area contributed by atoms with Crippen LogP contribution < -0.4 is 21.3 Å². The third-order valence-corrected chi connectivity index (χ3v) is 6.07. The molecule has 2 aromatic rings. The van der Waals surface area contributed by atoms with Gasteiger partial charge in [-0.15, -0.1) is 67.9 Å². The van der Waals surface area contributed by atoms with Crippen LogP contribution in [0.5, 0.6) is 0 Å². The lowest BCUT2D eigenvalue weighted by Crippen LogP contribution is -2.26. The van der Waals surface area contributed by atoms with Crippen LogP contribution in [-0.2, 0) is 13.1 Å². The minimum Gasteiger partial charge on any atom is -0.317 e. The summed E-state index contributed by atoms with van der Waals surface area (Å²) in [5.74, 6) is 1.21. The Morgan fingerprint density at radius 3 is 0.974 bits per heavy atom. The summed E-state index contributed by atoms with van der Waals surface area (Å²) in [6, 6.07) is 18.0. The molecule has 2 rings (SSSR count). The summed E-state index contributed by atoms with van der Waals surface area (Å²) >= 11 is 0. The van der Waals surface area contributed by atoms with E-state index in [1.165, 1.54) is 41.5 Å². The number of benzene rings is 2. The molecule has 8 heteroatoms. The third kappa shape index (κ3) is 21.0. The van der Waals surface area contributed by atoms with Crippen LogP contribution in [0.2, 0.25) is 0 Å². The van der Waals surface area contributed by atoms with Gasteiger partial charge in [0, 0.05) is 13.1 Å². The lowest BCUT2D eigenvalue weighted by Gasteiger charge is -2.09. The van der Waals surface area contributed by atoms with Crippen LogP contribution in [0.4, 0.5) is 0 Å². The van der Waals surface area contributed by atoms with E-state index < -0.39 is 0 Å². The Bertz CT molecular complexity index is 677. The zero-order valence-electron chi connectivity index (χ0n) is 23.2. The second kappa shape index (κ2) is 28.7. The summed E-state index contributed by atoms with van der Waals surface area (Å²) in [7, 11) is 0. The average molecular weight is 792 g/mol. The SMILES string of the molecule is Br.Br.Br.Br.C.CC(C)c1ccc(CNCCCNCCCNCCCNCc2ccc(C(C)C)cc2)cc1. The van der Waals surface area contributed by atoms with Crippen molar-refractivity contribution in [3.8, 4) is 0 Å². The summed E-state index contributed by atoms with van der Waals surface area (Å²) in [6.07, 6.45) is 3.53. The summed E-state index contributed by atoms with van der Waals surface area (Å²) in [5.41, 5.74) is 5.57. The second-order valence-corrected chi connectivity index (χ2v) is 9.71. The Morgan fingerprint density at radius 2 is 0.711 bits per heavy atom. The third-order valence-electron chi connectivity index (χ3n) is 6.07. The minimum atomic E-state index is 0. The number of nitrogens with one attached hydrogen (secondary N) is 4. The highest BCUT2D eigenvalue weighted by atomic mass is 79.9. The molecule has 38 heavy (non-hydrogen) atoms. The predicted octanol–water partition coefficient (Wildman–Crippen LogP) is 8.11.